The van der Waals surface area contributed by atoms with Crippen molar-refractivity contribution in [2.75, 3.05) is 6.54 Å². The largest absolute Gasteiger partial charge is 0.356 e. The summed E-state index contributed by atoms with van der Waals surface area (Å²) in [5.74, 6) is 0.967. The van der Waals surface area contributed by atoms with E-state index < -0.39 is 0 Å². The molecule has 0 atom stereocenters. The van der Waals surface area contributed by atoms with E-state index in [1.54, 1.807) is 0 Å². The highest BCUT2D eigenvalue weighted by molar-refractivity contribution is 5.72. The van der Waals surface area contributed by atoms with Gasteiger partial charge < -0.3 is 9.84 Å². The summed E-state index contributed by atoms with van der Waals surface area (Å²) in [5.41, 5.74) is 4.87. The smallest absolute Gasteiger partial charge is 0.170 e. The highest BCUT2D eigenvalue weighted by Gasteiger charge is 2.25. The van der Waals surface area contributed by atoms with Gasteiger partial charge in [-0.1, -0.05) is 36.3 Å². The Kier molecular flexibility index (Phi) is 2.69. The van der Waals surface area contributed by atoms with Gasteiger partial charge in [0.2, 0.25) is 0 Å². The lowest BCUT2D eigenvalue weighted by atomic mass is 10.1. The van der Waals surface area contributed by atoms with Crippen molar-refractivity contribution in [3.05, 3.63) is 41.1 Å². The first-order valence-electron chi connectivity index (χ1n) is 6.16. The summed E-state index contributed by atoms with van der Waals surface area (Å²) in [6, 6.07) is 8.39. The number of hydrogen-bond acceptors (Lipinski definition) is 3. The molecule has 0 bridgehead atoms. The van der Waals surface area contributed by atoms with Crippen molar-refractivity contribution in [2.24, 2.45) is 0 Å². The fourth-order valence-electron chi connectivity index (χ4n) is 2.34. The zero-order valence-electron chi connectivity index (χ0n) is 9.99. The Morgan fingerprint density at radius 1 is 1.35 bits per heavy atom. The van der Waals surface area contributed by atoms with E-state index in [4.69, 9.17) is 4.52 Å². The van der Waals surface area contributed by atoms with Crippen molar-refractivity contribution in [1.82, 2.24) is 10.5 Å². The standard InChI is InChI=1S/C14H16N2O/c1-2-7-15-9-13-12-8-10-5-3-4-6-11(10)14(12)17-16-13/h3-6,15H,2,7-9H2,1H3. The van der Waals surface area contributed by atoms with Crippen LogP contribution in [0.25, 0.3) is 11.3 Å². The zero-order chi connectivity index (χ0) is 11.7. The second kappa shape index (κ2) is 4.34. The normalized spacial score (nSPS) is 12.5. The third-order valence-corrected chi connectivity index (χ3v) is 3.22. The molecule has 1 aromatic carbocycles. The van der Waals surface area contributed by atoms with Gasteiger partial charge in [-0.3, -0.25) is 0 Å². The minimum atomic E-state index is 0.806. The molecule has 1 aliphatic rings. The first kappa shape index (κ1) is 10.5. The lowest BCUT2D eigenvalue weighted by Gasteiger charge is -2.00. The summed E-state index contributed by atoms with van der Waals surface area (Å²) >= 11 is 0. The lowest BCUT2D eigenvalue weighted by Crippen LogP contribution is -2.14. The number of rotatable bonds is 4. The minimum Gasteiger partial charge on any atom is -0.356 e. The summed E-state index contributed by atoms with van der Waals surface area (Å²) in [7, 11) is 0. The summed E-state index contributed by atoms with van der Waals surface area (Å²) < 4.78 is 5.47. The van der Waals surface area contributed by atoms with Crippen LogP contribution < -0.4 is 5.32 Å². The molecule has 0 saturated heterocycles. The molecule has 0 unspecified atom stereocenters. The minimum absolute atomic E-state index is 0.806. The summed E-state index contributed by atoms with van der Waals surface area (Å²) in [4.78, 5) is 0. The maximum absolute atomic E-state index is 5.47. The molecule has 3 heteroatoms. The van der Waals surface area contributed by atoms with Gasteiger partial charge in [0.05, 0.1) is 0 Å². The predicted octanol–water partition coefficient (Wildman–Crippen LogP) is 2.75. The van der Waals surface area contributed by atoms with Crippen LogP contribution in [0.1, 0.15) is 30.2 Å². The average Bonchev–Trinajstić information content (AvgIpc) is 2.89. The molecule has 3 rings (SSSR count). The summed E-state index contributed by atoms with van der Waals surface area (Å²) in [6.45, 7) is 3.99. The molecule has 0 aliphatic heterocycles. The van der Waals surface area contributed by atoms with Gasteiger partial charge in [-0.2, -0.15) is 0 Å². The molecule has 1 aliphatic carbocycles. The van der Waals surface area contributed by atoms with Crippen LogP contribution in [0.4, 0.5) is 0 Å². The van der Waals surface area contributed by atoms with Crippen LogP contribution in [-0.4, -0.2) is 11.7 Å². The van der Waals surface area contributed by atoms with E-state index in [9.17, 15) is 0 Å². The molecular weight excluding hydrogens is 212 g/mol. The predicted molar refractivity (Wildman–Crippen MR) is 66.7 cm³/mol. The highest BCUT2D eigenvalue weighted by atomic mass is 16.5. The van der Waals surface area contributed by atoms with E-state index in [-0.39, 0.29) is 0 Å². The van der Waals surface area contributed by atoms with Crippen molar-refractivity contribution in [2.45, 2.75) is 26.3 Å². The summed E-state index contributed by atoms with van der Waals surface area (Å²) in [6.07, 6.45) is 2.10. The van der Waals surface area contributed by atoms with E-state index in [0.717, 1.165) is 37.4 Å². The third kappa shape index (κ3) is 1.76. The molecule has 0 spiro atoms. The Morgan fingerprint density at radius 3 is 3.12 bits per heavy atom. The molecule has 3 nitrogen and oxygen atoms in total. The monoisotopic (exact) mass is 228 g/mol. The van der Waals surface area contributed by atoms with Gasteiger partial charge in [-0.25, -0.2) is 0 Å². The molecule has 0 fully saturated rings. The fourth-order valence-corrected chi connectivity index (χ4v) is 2.34. The van der Waals surface area contributed by atoms with Crippen molar-refractivity contribution >= 4 is 0 Å². The van der Waals surface area contributed by atoms with Gasteiger partial charge in [0.25, 0.3) is 0 Å². The topological polar surface area (TPSA) is 38.1 Å². The third-order valence-electron chi connectivity index (χ3n) is 3.22. The van der Waals surface area contributed by atoms with Crippen molar-refractivity contribution in [1.29, 1.82) is 0 Å². The second-order valence-electron chi connectivity index (χ2n) is 4.45. The zero-order valence-corrected chi connectivity index (χ0v) is 9.99. The van der Waals surface area contributed by atoms with Gasteiger partial charge in [-0.15, -0.1) is 0 Å². The van der Waals surface area contributed by atoms with Crippen molar-refractivity contribution in [3.8, 4) is 11.3 Å². The number of hydrogen-bond donors (Lipinski definition) is 1. The van der Waals surface area contributed by atoms with Crippen LogP contribution in [0, 0.1) is 0 Å². The molecule has 2 aromatic rings. The molecule has 1 aromatic heterocycles. The average molecular weight is 228 g/mol. The highest BCUT2D eigenvalue weighted by Crippen LogP contribution is 2.37. The SMILES string of the molecule is CCCNCc1noc2c1Cc1ccccc1-2. The molecule has 0 saturated carbocycles. The summed E-state index contributed by atoms with van der Waals surface area (Å²) in [5, 5.41) is 7.54. The number of nitrogens with one attached hydrogen (secondary N) is 1. The molecule has 0 amide bonds. The van der Waals surface area contributed by atoms with Crippen LogP contribution in [0.5, 0.6) is 0 Å². The molecule has 1 heterocycles. The number of benzene rings is 1. The van der Waals surface area contributed by atoms with Crippen LogP contribution in [0.3, 0.4) is 0 Å². The number of nitrogens with zero attached hydrogens (tertiary/aromatic N) is 1. The van der Waals surface area contributed by atoms with Crippen LogP contribution >= 0.6 is 0 Å². The lowest BCUT2D eigenvalue weighted by molar-refractivity contribution is 0.420. The quantitative estimate of drug-likeness (QED) is 0.698. The van der Waals surface area contributed by atoms with Gasteiger partial charge in [0, 0.05) is 24.1 Å². The van der Waals surface area contributed by atoms with E-state index in [1.807, 2.05) is 6.07 Å². The maximum Gasteiger partial charge on any atom is 0.170 e. The Hall–Kier alpha value is -1.61. The van der Waals surface area contributed by atoms with E-state index >= 15 is 0 Å². The Bertz CT molecular complexity index is 531. The van der Waals surface area contributed by atoms with Crippen molar-refractivity contribution < 1.29 is 4.52 Å². The number of fused-ring (bicyclic) bond motifs is 3. The molecule has 1 N–H and O–H groups in total. The van der Waals surface area contributed by atoms with Crippen LogP contribution in [-0.2, 0) is 13.0 Å². The van der Waals surface area contributed by atoms with E-state index in [2.05, 4.69) is 35.6 Å². The van der Waals surface area contributed by atoms with E-state index in [0.29, 0.717) is 0 Å². The molecule has 17 heavy (non-hydrogen) atoms. The van der Waals surface area contributed by atoms with Gasteiger partial charge in [0.15, 0.2) is 5.76 Å². The Labute approximate surface area is 101 Å². The number of aromatic nitrogens is 1. The Balaban J connectivity index is 1.86. The van der Waals surface area contributed by atoms with Crippen LogP contribution in [0.15, 0.2) is 28.8 Å². The Morgan fingerprint density at radius 2 is 2.24 bits per heavy atom. The second-order valence-corrected chi connectivity index (χ2v) is 4.45. The first-order valence-corrected chi connectivity index (χ1v) is 6.16. The van der Waals surface area contributed by atoms with Crippen molar-refractivity contribution in [3.63, 3.8) is 0 Å². The first-order chi connectivity index (χ1) is 8.40. The van der Waals surface area contributed by atoms with E-state index in [1.165, 1.54) is 16.7 Å². The van der Waals surface area contributed by atoms with Gasteiger partial charge >= 0.3 is 0 Å². The van der Waals surface area contributed by atoms with Gasteiger partial charge in [0.1, 0.15) is 5.69 Å². The molecule has 88 valence electrons. The van der Waals surface area contributed by atoms with Crippen LogP contribution in [0.2, 0.25) is 0 Å². The fraction of sp³-hybridized carbons (Fsp3) is 0.357. The maximum atomic E-state index is 5.47. The van der Waals surface area contributed by atoms with Gasteiger partial charge in [-0.05, 0) is 18.5 Å². The molecule has 0 radical (unpaired) electrons. The molecular formula is C14H16N2O.